The highest BCUT2D eigenvalue weighted by atomic mass is 35.5. The standard InChI is InChI=1S/C23H26ClN3OS/c1-14(21(28)26-19-7-5-6-18(24)12-19)29-22-16(13-25)10-15-11-17(23(2,3)4)8-9-20(15)27-22/h5-7,10,12,14,17H,8-9,11H2,1-4H3,(H,26,28). The number of carbonyl (C=O) groups is 1. The Balaban J connectivity index is 1.75. The first-order valence-corrected chi connectivity index (χ1v) is 11.1. The van der Waals surface area contributed by atoms with Crippen LogP contribution in [-0.4, -0.2) is 16.1 Å². The summed E-state index contributed by atoms with van der Waals surface area (Å²) in [5.41, 5.74) is 3.68. The Hall–Kier alpha value is -2.03. The molecule has 2 aromatic rings. The van der Waals surface area contributed by atoms with Gasteiger partial charge in [-0.25, -0.2) is 4.98 Å². The van der Waals surface area contributed by atoms with E-state index >= 15 is 0 Å². The Bertz CT molecular complexity index is 962. The van der Waals surface area contributed by atoms with Gasteiger partial charge >= 0.3 is 0 Å². The van der Waals surface area contributed by atoms with Crippen molar-refractivity contribution < 1.29 is 4.79 Å². The molecule has 3 rings (SSSR count). The Morgan fingerprint density at radius 2 is 2.14 bits per heavy atom. The van der Waals surface area contributed by atoms with Crippen LogP contribution in [0.15, 0.2) is 35.4 Å². The monoisotopic (exact) mass is 427 g/mol. The van der Waals surface area contributed by atoms with Crippen LogP contribution in [0.2, 0.25) is 5.02 Å². The van der Waals surface area contributed by atoms with Crippen LogP contribution in [-0.2, 0) is 17.6 Å². The smallest absolute Gasteiger partial charge is 0.237 e. The average Bonchev–Trinajstić information content (AvgIpc) is 2.66. The van der Waals surface area contributed by atoms with E-state index in [2.05, 4.69) is 32.2 Å². The average molecular weight is 428 g/mol. The van der Waals surface area contributed by atoms with Gasteiger partial charge in [-0.2, -0.15) is 5.26 Å². The Kier molecular flexibility index (Phi) is 6.55. The summed E-state index contributed by atoms with van der Waals surface area (Å²) in [6, 6.07) is 11.3. The van der Waals surface area contributed by atoms with Crippen LogP contribution in [0, 0.1) is 22.7 Å². The van der Waals surface area contributed by atoms with Crippen LogP contribution >= 0.6 is 23.4 Å². The van der Waals surface area contributed by atoms with Crippen molar-refractivity contribution in [2.45, 2.75) is 57.2 Å². The molecule has 0 radical (unpaired) electrons. The van der Waals surface area contributed by atoms with Gasteiger partial charge in [0.05, 0.1) is 10.8 Å². The number of carbonyl (C=O) groups excluding carboxylic acids is 1. The van der Waals surface area contributed by atoms with Crippen molar-refractivity contribution >= 4 is 35.0 Å². The van der Waals surface area contributed by atoms with Gasteiger partial charge in [0.15, 0.2) is 0 Å². The van der Waals surface area contributed by atoms with E-state index in [1.807, 2.05) is 13.0 Å². The summed E-state index contributed by atoms with van der Waals surface area (Å²) < 4.78 is 0. The summed E-state index contributed by atoms with van der Waals surface area (Å²) in [7, 11) is 0. The minimum absolute atomic E-state index is 0.145. The number of benzene rings is 1. The third kappa shape index (κ3) is 5.32. The summed E-state index contributed by atoms with van der Waals surface area (Å²) in [6.07, 6.45) is 2.97. The lowest BCUT2D eigenvalue weighted by Gasteiger charge is -2.34. The molecule has 1 aliphatic rings. The number of fused-ring (bicyclic) bond motifs is 1. The number of nitrogens with zero attached hydrogens (tertiary/aromatic N) is 2. The van der Waals surface area contributed by atoms with Crippen LogP contribution < -0.4 is 5.32 Å². The number of amides is 1. The predicted octanol–water partition coefficient (Wildman–Crippen LogP) is 5.88. The van der Waals surface area contributed by atoms with Crippen LogP contribution in [0.4, 0.5) is 5.69 Å². The van der Waals surface area contributed by atoms with Gasteiger partial charge in [-0.05, 0) is 67.3 Å². The highest BCUT2D eigenvalue weighted by molar-refractivity contribution is 8.00. The minimum atomic E-state index is -0.391. The van der Waals surface area contributed by atoms with Gasteiger partial charge < -0.3 is 5.32 Å². The second kappa shape index (κ2) is 8.77. The third-order valence-electron chi connectivity index (χ3n) is 5.45. The number of aryl methyl sites for hydroxylation is 1. The first kappa shape index (κ1) is 21.7. The molecule has 29 heavy (non-hydrogen) atoms. The van der Waals surface area contributed by atoms with Gasteiger partial charge in [-0.3, -0.25) is 4.79 Å². The van der Waals surface area contributed by atoms with Crippen molar-refractivity contribution in [3.63, 3.8) is 0 Å². The maximum Gasteiger partial charge on any atom is 0.237 e. The molecule has 0 bridgehead atoms. The van der Waals surface area contributed by atoms with Crippen LogP contribution in [0.3, 0.4) is 0 Å². The van der Waals surface area contributed by atoms with Crippen LogP contribution in [0.1, 0.15) is 50.9 Å². The van der Waals surface area contributed by atoms with E-state index in [1.54, 1.807) is 24.3 Å². The molecular weight excluding hydrogens is 402 g/mol. The van der Waals surface area contributed by atoms with Gasteiger partial charge in [0.2, 0.25) is 5.91 Å². The number of hydrogen-bond donors (Lipinski definition) is 1. The summed E-state index contributed by atoms with van der Waals surface area (Å²) in [6.45, 7) is 8.63. The Morgan fingerprint density at radius 1 is 1.38 bits per heavy atom. The first-order chi connectivity index (χ1) is 13.7. The number of hydrogen-bond acceptors (Lipinski definition) is 4. The molecule has 6 heteroatoms. The number of anilines is 1. The molecule has 152 valence electrons. The minimum Gasteiger partial charge on any atom is -0.325 e. The molecule has 1 N–H and O–H groups in total. The van der Waals surface area contributed by atoms with Crippen molar-refractivity contribution in [1.82, 2.24) is 4.98 Å². The van der Waals surface area contributed by atoms with Gasteiger partial charge in [0, 0.05) is 16.4 Å². The number of pyridine rings is 1. The number of rotatable bonds is 4. The molecule has 0 aliphatic heterocycles. The highest BCUT2D eigenvalue weighted by Gasteiger charge is 2.30. The second-order valence-corrected chi connectivity index (χ2v) is 10.4. The van der Waals surface area contributed by atoms with E-state index in [-0.39, 0.29) is 11.3 Å². The fraction of sp³-hybridized carbons (Fsp3) is 0.435. The van der Waals surface area contributed by atoms with Crippen molar-refractivity contribution in [2.24, 2.45) is 11.3 Å². The Morgan fingerprint density at radius 3 is 2.79 bits per heavy atom. The summed E-state index contributed by atoms with van der Waals surface area (Å²) in [4.78, 5) is 17.4. The van der Waals surface area contributed by atoms with E-state index < -0.39 is 5.25 Å². The number of aromatic nitrogens is 1. The molecule has 0 fully saturated rings. The Labute approximate surface area is 182 Å². The van der Waals surface area contributed by atoms with Gasteiger partial charge in [-0.1, -0.05) is 50.2 Å². The molecule has 1 heterocycles. The van der Waals surface area contributed by atoms with E-state index in [9.17, 15) is 10.1 Å². The molecule has 0 spiro atoms. The molecule has 1 amide bonds. The molecule has 4 nitrogen and oxygen atoms in total. The summed E-state index contributed by atoms with van der Waals surface area (Å²) in [5.74, 6) is 0.442. The van der Waals surface area contributed by atoms with E-state index in [4.69, 9.17) is 16.6 Å². The van der Waals surface area contributed by atoms with Crippen molar-refractivity contribution in [3.8, 4) is 6.07 Å². The molecule has 1 aromatic carbocycles. The number of nitrogens with one attached hydrogen (secondary N) is 1. The zero-order valence-electron chi connectivity index (χ0n) is 17.3. The zero-order chi connectivity index (χ0) is 21.2. The molecule has 0 saturated carbocycles. The second-order valence-electron chi connectivity index (χ2n) is 8.62. The SMILES string of the molecule is CC(Sc1nc2c(cc1C#N)CC(C(C)(C)C)CC2)C(=O)Nc1cccc(Cl)c1. The van der Waals surface area contributed by atoms with Crippen molar-refractivity contribution in [2.75, 3.05) is 5.32 Å². The molecule has 0 saturated heterocycles. The maximum absolute atomic E-state index is 12.6. The lowest BCUT2D eigenvalue weighted by molar-refractivity contribution is -0.115. The normalized spacial score (nSPS) is 17.2. The van der Waals surface area contributed by atoms with Crippen LogP contribution in [0.5, 0.6) is 0 Å². The quantitative estimate of drug-likeness (QED) is 0.619. The van der Waals surface area contributed by atoms with E-state index in [1.165, 1.54) is 17.3 Å². The fourth-order valence-electron chi connectivity index (χ4n) is 3.59. The van der Waals surface area contributed by atoms with Crippen LogP contribution in [0.25, 0.3) is 0 Å². The van der Waals surface area contributed by atoms with E-state index in [0.29, 0.717) is 27.2 Å². The van der Waals surface area contributed by atoms with E-state index in [0.717, 1.165) is 25.0 Å². The van der Waals surface area contributed by atoms with Gasteiger partial charge in [-0.15, -0.1) is 0 Å². The molecule has 1 aromatic heterocycles. The van der Waals surface area contributed by atoms with Gasteiger partial charge in [0.25, 0.3) is 0 Å². The number of halogens is 1. The lowest BCUT2D eigenvalue weighted by atomic mass is 9.71. The predicted molar refractivity (Wildman–Crippen MR) is 119 cm³/mol. The van der Waals surface area contributed by atoms with Crippen molar-refractivity contribution in [1.29, 1.82) is 5.26 Å². The zero-order valence-corrected chi connectivity index (χ0v) is 18.8. The van der Waals surface area contributed by atoms with Gasteiger partial charge in [0.1, 0.15) is 11.1 Å². The number of thioether (sulfide) groups is 1. The maximum atomic E-state index is 12.6. The number of nitriles is 1. The third-order valence-corrected chi connectivity index (χ3v) is 6.78. The largest absolute Gasteiger partial charge is 0.325 e. The fourth-order valence-corrected chi connectivity index (χ4v) is 4.67. The highest BCUT2D eigenvalue weighted by Crippen LogP contribution is 2.38. The molecular formula is C23H26ClN3OS. The topological polar surface area (TPSA) is 65.8 Å². The summed E-state index contributed by atoms with van der Waals surface area (Å²) >= 11 is 7.31. The molecule has 1 aliphatic carbocycles. The lowest BCUT2D eigenvalue weighted by Crippen LogP contribution is -2.27. The van der Waals surface area contributed by atoms with Crippen molar-refractivity contribution in [3.05, 3.63) is 52.2 Å². The summed E-state index contributed by atoms with van der Waals surface area (Å²) in [5, 5.41) is 13.3. The first-order valence-electron chi connectivity index (χ1n) is 9.83. The molecule has 2 atom stereocenters. The molecule has 2 unspecified atom stereocenters.